The van der Waals surface area contributed by atoms with Gasteiger partial charge in [0.25, 0.3) is 0 Å². The van der Waals surface area contributed by atoms with E-state index in [2.05, 4.69) is 45.1 Å². The molecule has 1 heterocycles. The lowest BCUT2D eigenvalue weighted by atomic mass is 9.93. The van der Waals surface area contributed by atoms with E-state index >= 15 is 0 Å². The van der Waals surface area contributed by atoms with Gasteiger partial charge in [-0.2, -0.15) is 0 Å². The van der Waals surface area contributed by atoms with Crippen LogP contribution in [0.4, 0.5) is 0 Å². The van der Waals surface area contributed by atoms with E-state index in [1.165, 1.54) is 5.56 Å². The van der Waals surface area contributed by atoms with Crippen LogP contribution in [0.15, 0.2) is 24.3 Å². The topological polar surface area (TPSA) is 30.5 Å². The van der Waals surface area contributed by atoms with Gasteiger partial charge in [0, 0.05) is 18.7 Å². The van der Waals surface area contributed by atoms with E-state index in [9.17, 15) is 0 Å². The Morgan fingerprint density at radius 1 is 1.35 bits per heavy atom. The fraction of sp³-hybridized carbons (Fsp3) is 0.647. The summed E-state index contributed by atoms with van der Waals surface area (Å²) in [5.74, 6) is 0.941. The van der Waals surface area contributed by atoms with Gasteiger partial charge in [-0.15, -0.1) is 0 Å². The van der Waals surface area contributed by atoms with Gasteiger partial charge < -0.3 is 14.8 Å². The molecule has 0 aromatic heterocycles. The number of hydrogen-bond acceptors (Lipinski definition) is 3. The summed E-state index contributed by atoms with van der Waals surface area (Å²) in [5.41, 5.74) is 1.25. The fourth-order valence-corrected chi connectivity index (χ4v) is 2.68. The number of ether oxygens (including phenoxy) is 2. The molecule has 1 aliphatic rings. The Hall–Kier alpha value is -1.06. The van der Waals surface area contributed by atoms with Gasteiger partial charge in [-0.3, -0.25) is 0 Å². The van der Waals surface area contributed by atoms with Crippen LogP contribution in [0.1, 0.15) is 39.2 Å². The summed E-state index contributed by atoms with van der Waals surface area (Å²) < 4.78 is 11.6. The lowest BCUT2D eigenvalue weighted by molar-refractivity contribution is -0.0644. The van der Waals surface area contributed by atoms with Crippen LogP contribution in [0, 0.1) is 6.92 Å². The van der Waals surface area contributed by atoms with Crippen LogP contribution in [-0.4, -0.2) is 30.9 Å². The Kier molecular flexibility index (Phi) is 5.06. The molecule has 1 aromatic carbocycles. The molecule has 3 nitrogen and oxygen atoms in total. The minimum atomic E-state index is -0.00650. The van der Waals surface area contributed by atoms with Gasteiger partial charge in [-0.05, 0) is 52.7 Å². The lowest BCUT2D eigenvalue weighted by Gasteiger charge is -2.37. The predicted octanol–water partition coefficient (Wildman–Crippen LogP) is 3.31. The largest absolute Gasteiger partial charge is 0.492 e. The van der Waals surface area contributed by atoms with Crippen LogP contribution in [0.2, 0.25) is 0 Å². The minimum absolute atomic E-state index is 0.00650. The molecule has 1 N–H and O–H groups in total. The molecule has 1 fully saturated rings. The molecule has 1 aromatic rings. The molecule has 2 atom stereocenters. The van der Waals surface area contributed by atoms with Gasteiger partial charge in [0.2, 0.25) is 0 Å². The van der Waals surface area contributed by atoms with Gasteiger partial charge >= 0.3 is 0 Å². The molecule has 1 saturated heterocycles. The van der Waals surface area contributed by atoms with Crippen LogP contribution in [0.25, 0.3) is 0 Å². The van der Waals surface area contributed by atoms with E-state index in [0.717, 1.165) is 25.2 Å². The standard InChI is InChI=1S/C17H27NO2/c1-13-5-7-16(8-6-13)19-12-14(2)18-15-9-10-20-17(3,4)11-15/h5-8,14-15,18H,9-12H2,1-4H3. The van der Waals surface area contributed by atoms with Crippen molar-refractivity contribution >= 4 is 0 Å². The molecule has 0 amide bonds. The number of aryl methyl sites for hydroxylation is 1. The zero-order valence-corrected chi connectivity index (χ0v) is 13.1. The van der Waals surface area contributed by atoms with Gasteiger partial charge in [-0.1, -0.05) is 17.7 Å². The van der Waals surface area contributed by atoms with Gasteiger partial charge in [0.1, 0.15) is 12.4 Å². The average molecular weight is 277 g/mol. The van der Waals surface area contributed by atoms with Crippen molar-refractivity contribution in [3.05, 3.63) is 29.8 Å². The molecule has 112 valence electrons. The van der Waals surface area contributed by atoms with Crippen molar-refractivity contribution in [1.82, 2.24) is 5.32 Å². The van der Waals surface area contributed by atoms with Gasteiger partial charge in [-0.25, -0.2) is 0 Å². The third-order valence-electron chi connectivity index (χ3n) is 3.74. The number of nitrogens with one attached hydrogen (secondary N) is 1. The first kappa shape index (κ1) is 15.3. The maximum absolute atomic E-state index is 5.82. The van der Waals surface area contributed by atoms with Crippen LogP contribution in [0.3, 0.4) is 0 Å². The van der Waals surface area contributed by atoms with Gasteiger partial charge in [0.15, 0.2) is 0 Å². The Morgan fingerprint density at radius 3 is 2.70 bits per heavy atom. The first-order valence-corrected chi connectivity index (χ1v) is 7.54. The Bertz CT molecular complexity index is 414. The first-order chi connectivity index (χ1) is 9.44. The highest BCUT2D eigenvalue weighted by Crippen LogP contribution is 2.24. The van der Waals surface area contributed by atoms with E-state index in [-0.39, 0.29) is 5.60 Å². The zero-order valence-electron chi connectivity index (χ0n) is 13.1. The molecule has 2 unspecified atom stereocenters. The highest BCUT2D eigenvalue weighted by molar-refractivity contribution is 5.26. The van der Waals surface area contributed by atoms with Crippen molar-refractivity contribution in [2.45, 2.75) is 58.2 Å². The van der Waals surface area contributed by atoms with Crippen LogP contribution in [-0.2, 0) is 4.74 Å². The summed E-state index contributed by atoms with van der Waals surface area (Å²) in [4.78, 5) is 0. The molecule has 3 heteroatoms. The second-order valence-electron chi connectivity index (χ2n) is 6.49. The zero-order chi connectivity index (χ0) is 14.6. The normalized spacial score (nSPS) is 23.3. The van der Waals surface area contributed by atoms with Gasteiger partial charge in [0.05, 0.1) is 5.60 Å². The van der Waals surface area contributed by atoms with E-state index in [1.807, 2.05) is 12.1 Å². The van der Waals surface area contributed by atoms with Crippen molar-refractivity contribution in [2.75, 3.05) is 13.2 Å². The number of rotatable bonds is 5. The molecule has 0 saturated carbocycles. The maximum Gasteiger partial charge on any atom is 0.119 e. The second-order valence-corrected chi connectivity index (χ2v) is 6.49. The third-order valence-corrected chi connectivity index (χ3v) is 3.74. The van der Waals surface area contributed by atoms with E-state index in [0.29, 0.717) is 18.7 Å². The summed E-state index contributed by atoms with van der Waals surface area (Å²) in [6.07, 6.45) is 2.14. The van der Waals surface area contributed by atoms with Crippen LogP contribution < -0.4 is 10.1 Å². The molecule has 20 heavy (non-hydrogen) atoms. The average Bonchev–Trinajstić information content (AvgIpc) is 2.37. The van der Waals surface area contributed by atoms with Crippen molar-refractivity contribution in [3.63, 3.8) is 0 Å². The summed E-state index contributed by atoms with van der Waals surface area (Å²) in [6, 6.07) is 9.08. The lowest BCUT2D eigenvalue weighted by Crippen LogP contribution is -2.48. The van der Waals surface area contributed by atoms with Crippen LogP contribution in [0.5, 0.6) is 5.75 Å². The summed E-state index contributed by atoms with van der Waals surface area (Å²) in [5, 5.41) is 3.65. The van der Waals surface area contributed by atoms with Crippen LogP contribution >= 0.6 is 0 Å². The quantitative estimate of drug-likeness (QED) is 0.895. The summed E-state index contributed by atoms with van der Waals surface area (Å²) in [7, 11) is 0. The van der Waals surface area contributed by atoms with Crippen molar-refractivity contribution in [1.29, 1.82) is 0 Å². The second kappa shape index (κ2) is 6.59. The number of benzene rings is 1. The minimum Gasteiger partial charge on any atom is -0.492 e. The molecular formula is C17H27NO2. The van der Waals surface area contributed by atoms with Crippen molar-refractivity contribution in [2.24, 2.45) is 0 Å². The molecule has 0 spiro atoms. The molecule has 2 rings (SSSR count). The monoisotopic (exact) mass is 277 g/mol. The molecule has 0 aliphatic carbocycles. The molecular weight excluding hydrogens is 250 g/mol. The Morgan fingerprint density at radius 2 is 2.05 bits per heavy atom. The van der Waals surface area contributed by atoms with E-state index in [1.54, 1.807) is 0 Å². The number of hydrogen-bond donors (Lipinski definition) is 1. The smallest absolute Gasteiger partial charge is 0.119 e. The van der Waals surface area contributed by atoms with Crippen molar-refractivity contribution in [3.8, 4) is 5.75 Å². The van der Waals surface area contributed by atoms with E-state index < -0.39 is 0 Å². The van der Waals surface area contributed by atoms with E-state index in [4.69, 9.17) is 9.47 Å². The first-order valence-electron chi connectivity index (χ1n) is 7.54. The maximum atomic E-state index is 5.82. The SMILES string of the molecule is Cc1ccc(OCC(C)NC2CCOC(C)(C)C2)cc1. The molecule has 1 aliphatic heterocycles. The summed E-state index contributed by atoms with van der Waals surface area (Å²) in [6.45, 7) is 10.1. The highest BCUT2D eigenvalue weighted by Gasteiger charge is 2.29. The predicted molar refractivity (Wildman–Crippen MR) is 82.3 cm³/mol. The molecule has 0 bridgehead atoms. The third kappa shape index (κ3) is 4.80. The Labute approximate surface area is 122 Å². The van der Waals surface area contributed by atoms with Crippen molar-refractivity contribution < 1.29 is 9.47 Å². The highest BCUT2D eigenvalue weighted by atomic mass is 16.5. The fourth-order valence-electron chi connectivity index (χ4n) is 2.68. The summed E-state index contributed by atoms with van der Waals surface area (Å²) >= 11 is 0. The molecule has 0 radical (unpaired) electrons. The Balaban J connectivity index is 1.75.